The summed E-state index contributed by atoms with van der Waals surface area (Å²) in [5.74, 6) is 0. The molecule has 1 aliphatic rings. The number of benzene rings is 1. The van der Waals surface area contributed by atoms with Gasteiger partial charge in [-0.05, 0) is 24.6 Å². The topological polar surface area (TPSA) is 17.3 Å². The fraction of sp³-hybridized carbons (Fsp3) is 0.267. The van der Waals surface area contributed by atoms with Gasteiger partial charge in [0.15, 0.2) is 0 Å². The standard InChI is InChI=1S/C15H16N2/c1-12-7-8-15-14(16-9-10-17(12)15)11-13-5-3-2-4-6-13/h2-8H,9-11H2,1H3. The number of hydrogen-bond donors (Lipinski definition) is 0. The highest BCUT2D eigenvalue weighted by Crippen LogP contribution is 2.16. The Labute approximate surface area is 102 Å². The molecule has 0 unspecified atom stereocenters. The highest BCUT2D eigenvalue weighted by atomic mass is 15.0. The second-order valence-corrected chi connectivity index (χ2v) is 4.50. The fourth-order valence-corrected chi connectivity index (χ4v) is 2.42. The Morgan fingerprint density at radius 2 is 1.94 bits per heavy atom. The molecule has 1 aromatic heterocycles. The van der Waals surface area contributed by atoms with Gasteiger partial charge in [0.2, 0.25) is 0 Å². The number of nitrogens with zero attached hydrogens (tertiary/aromatic N) is 2. The lowest BCUT2D eigenvalue weighted by atomic mass is 10.1. The Morgan fingerprint density at radius 1 is 1.12 bits per heavy atom. The van der Waals surface area contributed by atoms with E-state index in [9.17, 15) is 0 Å². The van der Waals surface area contributed by atoms with Crippen molar-refractivity contribution in [3.05, 3.63) is 59.4 Å². The van der Waals surface area contributed by atoms with Crippen LogP contribution in [0.15, 0.2) is 47.5 Å². The lowest BCUT2D eigenvalue weighted by molar-refractivity contribution is 0.669. The third-order valence-corrected chi connectivity index (χ3v) is 3.34. The summed E-state index contributed by atoms with van der Waals surface area (Å²) in [6.07, 6.45) is 0.935. The van der Waals surface area contributed by atoms with Gasteiger partial charge in [0.1, 0.15) is 0 Å². The molecule has 17 heavy (non-hydrogen) atoms. The van der Waals surface area contributed by atoms with Gasteiger partial charge in [-0.15, -0.1) is 0 Å². The highest BCUT2D eigenvalue weighted by Gasteiger charge is 2.15. The molecule has 1 aliphatic heterocycles. The molecular weight excluding hydrogens is 208 g/mol. The van der Waals surface area contributed by atoms with Crippen molar-refractivity contribution in [1.29, 1.82) is 0 Å². The van der Waals surface area contributed by atoms with E-state index in [4.69, 9.17) is 0 Å². The smallest absolute Gasteiger partial charge is 0.0629 e. The predicted molar refractivity (Wildman–Crippen MR) is 70.7 cm³/mol. The van der Waals surface area contributed by atoms with Gasteiger partial charge in [0, 0.05) is 18.7 Å². The zero-order valence-corrected chi connectivity index (χ0v) is 10.1. The first-order valence-electron chi connectivity index (χ1n) is 6.08. The van der Waals surface area contributed by atoms with Gasteiger partial charge in [-0.1, -0.05) is 30.3 Å². The molecule has 2 aromatic rings. The van der Waals surface area contributed by atoms with Crippen molar-refractivity contribution < 1.29 is 0 Å². The lowest BCUT2D eigenvalue weighted by Gasteiger charge is -2.17. The molecule has 0 saturated heterocycles. The molecule has 2 heteroatoms. The minimum Gasteiger partial charge on any atom is -0.342 e. The quantitative estimate of drug-likeness (QED) is 0.746. The number of aryl methyl sites for hydroxylation is 1. The zero-order chi connectivity index (χ0) is 11.7. The summed E-state index contributed by atoms with van der Waals surface area (Å²) >= 11 is 0. The molecule has 2 nitrogen and oxygen atoms in total. The molecule has 3 rings (SSSR count). The van der Waals surface area contributed by atoms with Crippen LogP contribution in [-0.4, -0.2) is 16.8 Å². The van der Waals surface area contributed by atoms with Crippen LogP contribution in [0.5, 0.6) is 0 Å². The molecule has 0 fully saturated rings. The first-order valence-corrected chi connectivity index (χ1v) is 6.08. The van der Waals surface area contributed by atoms with Crippen LogP contribution in [0.3, 0.4) is 0 Å². The maximum atomic E-state index is 4.68. The van der Waals surface area contributed by atoms with Crippen LogP contribution in [0.1, 0.15) is 17.0 Å². The van der Waals surface area contributed by atoms with E-state index in [-0.39, 0.29) is 0 Å². The minimum absolute atomic E-state index is 0.907. The molecular formula is C15H16N2. The molecule has 2 heterocycles. The van der Waals surface area contributed by atoms with Gasteiger partial charge in [-0.25, -0.2) is 0 Å². The Morgan fingerprint density at radius 3 is 2.76 bits per heavy atom. The third kappa shape index (κ3) is 1.91. The number of fused-ring (bicyclic) bond motifs is 1. The van der Waals surface area contributed by atoms with Crippen LogP contribution >= 0.6 is 0 Å². The summed E-state index contributed by atoms with van der Waals surface area (Å²) in [6, 6.07) is 14.9. The van der Waals surface area contributed by atoms with E-state index in [0.717, 1.165) is 19.5 Å². The molecule has 0 spiro atoms. The van der Waals surface area contributed by atoms with Gasteiger partial charge < -0.3 is 4.57 Å². The SMILES string of the molecule is Cc1ccc2n1CCN=C2Cc1ccccc1. The largest absolute Gasteiger partial charge is 0.342 e. The molecule has 0 aliphatic carbocycles. The molecule has 0 N–H and O–H groups in total. The molecule has 0 saturated carbocycles. The van der Waals surface area contributed by atoms with E-state index in [1.54, 1.807) is 0 Å². The van der Waals surface area contributed by atoms with Crippen LogP contribution < -0.4 is 0 Å². The van der Waals surface area contributed by atoms with E-state index in [1.807, 2.05) is 0 Å². The van der Waals surface area contributed by atoms with Crippen molar-refractivity contribution in [3.63, 3.8) is 0 Å². The van der Waals surface area contributed by atoms with Crippen LogP contribution in [-0.2, 0) is 13.0 Å². The lowest BCUT2D eigenvalue weighted by Crippen LogP contribution is -2.20. The van der Waals surface area contributed by atoms with Gasteiger partial charge in [0.05, 0.1) is 18.0 Å². The van der Waals surface area contributed by atoms with Gasteiger partial charge >= 0.3 is 0 Å². The summed E-state index contributed by atoms with van der Waals surface area (Å²) < 4.78 is 2.37. The van der Waals surface area contributed by atoms with Crippen LogP contribution in [0.2, 0.25) is 0 Å². The van der Waals surface area contributed by atoms with Crippen molar-refractivity contribution in [2.75, 3.05) is 6.54 Å². The molecule has 0 radical (unpaired) electrons. The first-order chi connectivity index (χ1) is 8.34. The maximum Gasteiger partial charge on any atom is 0.0629 e. The van der Waals surface area contributed by atoms with Crippen molar-refractivity contribution in [3.8, 4) is 0 Å². The first kappa shape index (κ1) is 10.3. The minimum atomic E-state index is 0.907. The Kier molecular flexibility index (Phi) is 2.56. The molecule has 0 bridgehead atoms. The zero-order valence-electron chi connectivity index (χ0n) is 10.1. The van der Waals surface area contributed by atoms with Gasteiger partial charge in [-0.2, -0.15) is 0 Å². The predicted octanol–water partition coefficient (Wildman–Crippen LogP) is 2.84. The van der Waals surface area contributed by atoms with Crippen molar-refractivity contribution >= 4 is 5.71 Å². The van der Waals surface area contributed by atoms with E-state index < -0.39 is 0 Å². The van der Waals surface area contributed by atoms with Crippen molar-refractivity contribution in [2.24, 2.45) is 4.99 Å². The monoisotopic (exact) mass is 224 g/mol. The van der Waals surface area contributed by atoms with Gasteiger partial charge in [-0.3, -0.25) is 4.99 Å². The summed E-state index contributed by atoms with van der Waals surface area (Å²) in [5, 5.41) is 0. The maximum absolute atomic E-state index is 4.68. The second kappa shape index (κ2) is 4.21. The Balaban J connectivity index is 1.92. The number of hydrogen-bond acceptors (Lipinski definition) is 1. The summed E-state index contributed by atoms with van der Waals surface area (Å²) in [7, 11) is 0. The van der Waals surface area contributed by atoms with Gasteiger partial charge in [0.25, 0.3) is 0 Å². The van der Waals surface area contributed by atoms with Crippen LogP contribution in [0.25, 0.3) is 0 Å². The Hall–Kier alpha value is -1.83. The van der Waals surface area contributed by atoms with Crippen LogP contribution in [0, 0.1) is 6.92 Å². The Bertz CT molecular complexity index is 550. The van der Waals surface area contributed by atoms with E-state index in [1.165, 1.54) is 22.7 Å². The number of aliphatic imine (C=N–C) groups is 1. The summed E-state index contributed by atoms with van der Waals surface area (Å²) in [6.45, 7) is 4.09. The van der Waals surface area contributed by atoms with Crippen molar-refractivity contribution in [1.82, 2.24) is 4.57 Å². The highest BCUT2D eigenvalue weighted by molar-refractivity contribution is 6.01. The van der Waals surface area contributed by atoms with E-state index >= 15 is 0 Å². The second-order valence-electron chi connectivity index (χ2n) is 4.50. The van der Waals surface area contributed by atoms with E-state index in [2.05, 4.69) is 58.9 Å². The average Bonchev–Trinajstić information content (AvgIpc) is 2.74. The summed E-state index contributed by atoms with van der Waals surface area (Å²) in [5.41, 5.74) is 5.17. The molecule has 0 atom stereocenters. The fourth-order valence-electron chi connectivity index (χ4n) is 2.42. The molecule has 86 valence electrons. The normalized spacial score (nSPS) is 14.3. The van der Waals surface area contributed by atoms with E-state index in [0.29, 0.717) is 0 Å². The van der Waals surface area contributed by atoms with Crippen LogP contribution in [0.4, 0.5) is 0 Å². The molecule has 1 aromatic carbocycles. The number of aromatic nitrogens is 1. The third-order valence-electron chi connectivity index (χ3n) is 3.34. The van der Waals surface area contributed by atoms with Crippen molar-refractivity contribution in [2.45, 2.75) is 19.9 Å². The number of rotatable bonds is 2. The molecule has 0 amide bonds. The summed E-state index contributed by atoms with van der Waals surface area (Å²) in [4.78, 5) is 4.68. The average molecular weight is 224 g/mol.